The molecule has 0 saturated heterocycles. The van der Waals surface area contributed by atoms with Crippen LogP contribution in [0.3, 0.4) is 0 Å². The molecule has 1 N–H and O–H groups in total. The Hall–Kier alpha value is -1.59. The van der Waals surface area contributed by atoms with Gasteiger partial charge in [0.25, 0.3) is 0 Å². The fourth-order valence-electron chi connectivity index (χ4n) is 1.13. The largest absolute Gasteiger partial charge is 0.481 e. The Kier molecular flexibility index (Phi) is 6.91. The van der Waals surface area contributed by atoms with E-state index in [1.165, 1.54) is 0 Å². The van der Waals surface area contributed by atoms with Crippen molar-refractivity contribution >= 4 is 17.9 Å². The van der Waals surface area contributed by atoms with Gasteiger partial charge in [0.1, 0.15) is 0 Å². The molecule has 0 aliphatic carbocycles. The number of aliphatic carboxylic acids is 1. The summed E-state index contributed by atoms with van der Waals surface area (Å²) in [5.74, 6) is -3.40. The van der Waals surface area contributed by atoms with E-state index in [9.17, 15) is 14.4 Å². The molecule has 6 nitrogen and oxygen atoms in total. The molecule has 92 valence electrons. The van der Waals surface area contributed by atoms with Crippen molar-refractivity contribution in [1.82, 2.24) is 0 Å². The second-order valence-electron chi connectivity index (χ2n) is 3.06. The highest BCUT2D eigenvalue weighted by Crippen LogP contribution is 2.12. The van der Waals surface area contributed by atoms with E-state index in [1.807, 2.05) is 0 Å². The number of carbonyl (C=O) groups is 3. The number of hydrogen-bond acceptors (Lipinski definition) is 5. The zero-order valence-corrected chi connectivity index (χ0v) is 9.39. The Morgan fingerprint density at radius 2 is 1.62 bits per heavy atom. The van der Waals surface area contributed by atoms with Gasteiger partial charge in [-0.2, -0.15) is 0 Å². The van der Waals surface area contributed by atoms with Crippen LogP contribution < -0.4 is 0 Å². The number of ether oxygens (including phenoxy) is 2. The standard InChI is InChI=1S/C10H16O6/c1-3-15-9(13)6-7(5-8(11)12)10(14)16-4-2/h7H,3-6H2,1-2H3,(H,11,12). The summed E-state index contributed by atoms with van der Waals surface area (Å²) >= 11 is 0. The van der Waals surface area contributed by atoms with Crippen LogP contribution in [-0.2, 0) is 23.9 Å². The zero-order chi connectivity index (χ0) is 12.6. The monoisotopic (exact) mass is 232 g/mol. The highest BCUT2D eigenvalue weighted by Gasteiger charge is 2.26. The second kappa shape index (κ2) is 7.67. The number of carboxylic acid groups (broad SMARTS) is 1. The van der Waals surface area contributed by atoms with E-state index in [2.05, 4.69) is 9.47 Å². The Balaban J connectivity index is 4.36. The van der Waals surface area contributed by atoms with Gasteiger partial charge in [-0.3, -0.25) is 14.4 Å². The van der Waals surface area contributed by atoms with Crippen molar-refractivity contribution in [2.24, 2.45) is 5.92 Å². The highest BCUT2D eigenvalue weighted by molar-refractivity contribution is 5.83. The van der Waals surface area contributed by atoms with Gasteiger partial charge in [-0.15, -0.1) is 0 Å². The summed E-state index contributed by atoms with van der Waals surface area (Å²) < 4.78 is 9.32. The first-order valence-electron chi connectivity index (χ1n) is 5.05. The lowest BCUT2D eigenvalue weighted by molar-refractivity contribution is -0.157. The van der Waals surface area contributed by atoms with Crippen LogP contribution in [0.25, 0.3) is 0 Å². The van der Waals surface area contributed by atoms with Crippen LogP contribution in [0.4, 0.5) is 0 Å². The van der Waals surface area contributed by atoms with Crippen molar-refractivity contribution in [3.05, 3.63) is 0 Å². The number of esters is 2. The van der Waals surface area contributed by atoms with Crippen LogP contribution in [0.15, 0.2) is 0 Å². The van der Waals surface area contributed by atoms with Crippen molar-refractivity contribution < 1.29 is 29.0 Å². The number of hydrogen-bond donors (Lipinski definition) is 1. The minimum absolute atomic E-state index is 0.151. The number of carboxylic acids is 1. The van der Waals surface area contributed by atoms with Crippen LogP contribution >= 0.6 is 0 Å². The van der Waals surface area contributed by atoms with Crippen LogP contribution in [-0.4, -0.2) is 36.2 Å². The molecule has 0 spiro atoms. The third-order valence-electron chi connectivity index (χ3n) is 1.76. The van der Waals surface area contributed by atoms with Gasteiger partial charge in [0, 0.05) is 0 Å². The molecule has 6 heteroatoms. The summed E-state index contributed by atoms with van der Waals surface area (Å²) in [5, 5.41) is 8.58. The van der Waals surface area contributed by atoms with Crippen LogP contribution in [0, 0.1) is 5.92 Å². The fraction of sp³-hybridized carbons (Fsp3) is 0.700. The SMILES string of the molecule is CCOC(=O)CC(CC(=O)O)C(=O)OCC. The van der Waals surface area contributed by atoms with E-state index in [-0.39, 0.29) is 19.6 Å². The van der Waals surface area contributed by atoms with Crippen molar-refractivity contribution in [2.45, 2.75) is 26.7 Å². The molecule has 0 radical (unpaired) electrons. The van der Waals surface area contributed by atoms with E-state index in [0.29, 0.717) is 0 Å². The van der Waals surface area contributed by atoms with Gasteiger partial charge < -0.3 is 14.6 Å². The summed E-state index contributed by atoms with van der Waals surface area (Å²) in [6.45, 7) is 3.59. The molecule has 0 amide bonds. The fourth-order valence-corrected chi connectivity index (χ4v) is 1.13. The quantitative estimate of drug-likeness (QED) is 0.646. The van der Waals surface area contributed by atoms with Gasteiger partial charge in [-0.25, -0.2) is 0 Å². The summed E-state index contributed by atoms with van der Waals surface area (Å²) in [7, 11) is 0. The highest BCUT2D eigenvalue weighted by atomic mass is 16.5. The first kappa shape index (κ1) is 14.4. The molecule has 0 aromatic rings. The molecule has 0 heterocycles. The normalized spacial score (nSPS) is 11.6. The molecular formula is C10H16O6. The maximum absolute atomic E-state index is 11.3. The maximum Gasteiger partial charge on any atom is 0.310 e. The average Bonchev–Trinajstić information content (AvgIpc) is 2.16. The predicted molar refractivity (Wildman–Crippen MR) is 53.6 cm³/mol. The molecule has 1 unspecified atom stereocenters. The average molecular weight is 232 g/mol. The van der Waals surface area contributed by atoms with E-state index in [1.54, 1.807) is 13.8 Å². The maximum atomic E-state index is 11.3. The van der Waals surface area contributed by atoms with Crippen molar-refractivity contribution in [3.63, 3.8) is 0 Å². The molecular weight excluding hydrogens is 216 g/mol. The van der Waals surface area contributed by atoms with E-state index >= 15 is 0 Å². The van der Waals surface area contributed by atoms with Gasteiger partial charge in [0.2, 0.25) is 0 Å². The predicted octanol–water partition coefficient (Wildman–Crippen LogP) is 0.594. The Morgan fingerprint density at radius 1 is 1.06 bits per heavy atom. The van der Waals surface area contributed by atoms with Gasteiger partial charge in [-0.1, -0.05) is 0 Å². The summed E-state index contributed by atoms with van der Waals surface area (Å²) in [6.07, 6.45) is -0.698. The molecule has 0 rings (SSSR count). The third kappa shape index (κ3) is 6.00. The molecule has 16 heavy (non-hydrogen) atoms. The van der Waals surface area contributed by atoms with Crippen molar-refractivity contribution in [3.8, 4) is 0 Å². The first-order chi connectivity index (χ1) is 7.51. The lowest BCUT2D eigenvalue weighted by atomic mass is 10.0. The lowest BCUT2D eigenvalue weighted by Gasteiger charge is -2.12. The Labute approximate surface area is 93.5 Å². The summed E-state index contributed by atoms with van der Waals surface area (Å²) in [6, 6.07) is 0. The lowest BCUT2D eigenvalue weighted by Crippen LogP contribution is -2.24. The Morgan fingerprint density at radius 3 is 2.06 bits per heavy atom. The number of carbonyl (C=O) groups excluding carboxylic acids is 2. The van der Waals surface area contributed by atoms with E-state index < -0.39 is 30.2 Å². The summed E-state index contributed by atoms with van der Waals surface area (Å²) in [5.41, 5.74) is 0. The summed E-state index contributed by atoms with van der Waals surface area (Å²) in [4.78, 5) is 32.9. The minimum atomic E-state index is -1.15. The van der Waals surface area contributed by atoms with E-state index in [0.717, 1.165) is 0 Å². The molecule has 0 bridgehead atoms. The van der Waals surface area contributed by atoms with Crippen LogP contribution in [0.1, 0.15) is 26.7 Å². The molecule has 0 aliphatic heterocycles. The molecule has 0 aliphatic rings. The first-order valence-corrected chi connectivity index (χ1v) is 5.05. The number of rotatable bonds is 7. The minimum Gasteiger partial charge on any atom is -0.481 e. The topological polar surface area (TPSA) is 89.9 Å². The molecule has 0 aromatic carbocycles. The zero-order valence-electron chi connectivity index (χ0n) is 9.39. The van der Waals surface area contributed by atoms with Gasteiger partial charge in [-0.05, 0) is 13.8 Å². The van der Waals surface area contributed by atoms with E-state index in [4.69, 9.17) is 5.11 Å². The third-order valence-corrected chi connectivity index (χ3v) is 1.76. The van der Waals surface area contributed by atoms with Gasteiger partial charge in [0.15, 0.2) is 0 Å². The Bertz CT molecular complexity index is 260. The molecule has 1 atom stereocenters. The molecule has 0 saturated carbocycles. The van der Waals surface area contributed by atoms with Crippen molar-refractivity contribution in [2.75, 3.05) is 13.2 Å². The smallest absolute Gasteiger partial charge is 0.310 e. The molecule has 0 aromatic heterocycles. The van der Waals surface area contributed by atoms with Crippen LogP contribution in [0.5, 0.6) is 0 Å². The second-order valence-corrected chi connectivity index (χ2v) is 3.06. The van der Waals surface area contributed by atoms with Gasteiger partial charge in [0.05, 0.1) is 32.0 Å². The molecule has 0 fully saturated rings. The van der Waals surface area contributed by atoms with Crippen LogP contribution in [0.2, 0.25) is 0 Å². The van der Waals surface area contributed by atoms with Gasteiger partial charge >= 0.3 is 17.9 Å². The van der Waals surface area contributed by atoms with Crippen molar-refractivity contribution in [1.29, 1.82) is 0 Å².